The molecule has 4 rings (SSSR count). The van der Waals surface area contributed by atoms with E-state index in [0.717, 1.165) is 16.0 Å². The first-order chi connectivity index (χ1) is 10.7. The highest BCUT2D eigenvalue weighted by molar-refractivity contribution is 7.23. The summed E-state index contributed by atoms with van der Waals surface area (Å²) in [5, 5.41) is 9.08. The molecule has 0 aliphatic heterocycles. The summed E-state index contributed by atoms with van der Waals surface area (Å²) in [7, 11) is 0. The molecule has 0 N–H and O–H groups in total. The number of hydrogen-bond donors (Lipinski definition) is 0. The highest BCUT2D eigenvalue weighted by Gasteiger charge is 2.11. The topological polar surface area (TPSA) is 42.5 Å². The number of halogens is 1. The molecule has 0 atom stereocenters. The zero-order valence-corrected chi connectivity index (χ0v) is 13.3. The molecule has 0 spiro atoms. The molecule has 2 aromatic carbocycles. The third-order valence-electron chi connectivity index (χ3n) is 3.37. The van der Waals surface area contributed by atoms with Gasteiger partial charge in [-0.3, -0.25) is 0 Å². The van der Waals surface area contributed by atoms with Gasteiger partial charge in [-0.05, 0) is 42.3 Å². The van der Waals surface area contributed by atoms with Crippen molar-refractivity contribution in [3.05, 3.63) is 58.6 Å². The number of aliphatic imine (C=N–C) groups is 1. The fraction of sp³-hybridized carbons (Fsp3) is 0.0625. The number of benzene rings is 2. The van der Waals surface area contributed by atoms with Crippen molar-refractivity contribution in [3.8, 4) is 0 Å². The first-order valence-corrected chi connectivity index (χ1v) is 7.94. The van der Waals surface area contributed by atoms with Gasteiger partial charge in [0.15, 0.2) is 0 Å². The van der Waals surface area contributed by atoms with Gasteiger partial charge in [0.1, 0.15) is 0 Å². The minimum absolute atomic E-state index is 0.583. The van der Waals surface area contributed by atoms with E-state index in [9.17, 15) is 0 Å². The molecular formula is C16H11ClN4S. The Morgan fingerprint density at radius 1 is 1.14 bits per heavy atom. The molecule has 0 saturated carbocycles. The van der Waals surface area contributed by atoms with Crippen LogP contribution in [0.4, 0.5) is 5.95 Å². The highest BCUT2D eigenvalue weighted by atomic mass is 35.5. The molecule has 0 unspecified atom stereocenters. The van der Waals surface area contributed by atoms with E-state index in [1.54, 1.807) is 17.6 Å². The van der Waals surface area contributed by atoms with Crippen molar-refractivity contribution < 1.29 is 0 Å². The Kier molecular flexibility index (Phi) is 3.17. The lowest BCUT2D eigenvalue weighted by Gasteiger charge is -1.95. The Morgan fingerprint density at radius 3 is 2.77 bits per heavy atom. The summed E-state index contributed by atoms with van der Waals surface area (Å²) < 4.78 is 3.17. The van der Waals surface area contributed by atoms with E-state index in [1.165, 1.54) is 10.3 Å². The fourth-order valence-corrected chi connectivity index (χ4v) is 3.47. The second kappa shape index (κ2) is 5.19. The molecule has 4 aromatic rings. The molecule has 0 bridgehead atoms. The molecule has 2 heterocycles. The summed E-state index contributed by atoms with van der Waals surface area (Å²) in [5.74, 6) is 0.583. The van der Waals surface area contributed by atoms with Crippen molar-refractivity contribution in [3.63, 3.8) is 0 Å². The number of aryl methyl sites for hydroxylation is 1. The van der Waals surface area contributed by atoms with Crippen LogP contribution in [0, 0.1) is 6.92 Å². The van der Waals surface area contributed by atoms with Crippen LogP contribution < -0.4 is 0 Å². The third kappa shape index (κ3) is 2.28. The number of nitrogens with zero attached hydrogens (tertiary/aromatic N) is 4. The first kappa shape index (κ1) is 13.4. The Hall–Kier alpha value is -2.24. The number of aromatic nitrogens is 3. The second-order valence-electron chi connectivity index (χ2n) is 5.00. The minimum atomic E-state index is 0.583. The molecule has 0 aliphatic carbocycles. The third-order valence-corrected chi connectivity index (χ3v) is 4.62. The van der Waals surface area contributed by atoms with Crippen LogP contribution in [0.25, 0.3) is 15.2 Å². The monoisotopic (exact) mass is 326 g/mol. The molecule has 0 radical (unpaired) electrons. The Labute approximate surface area is 135 Å². The van der Waals surface area contributed by atoms with Crippen LogP contribution in [0.1, 0.15) is 11.1 Å². The quantitative estimate of drug-likeness (QED) is 0.503. The van der Waals surface area contributed by atoms with Gasteiger partial charge in [0, 0.05) is 11.2 Å². The number of rotatable bonds is 2. The first-order valence-electron chi connectivity index (χ1n) is 6.75. The van der Waals surface area contributed by atoms with Gasteiger partial charge >= 0.3 is 0 Å². The molecule has 0 fully saturated rings. The van der Waals surface area contributed by atoms with Gasteiger partial charge in [-0.15, -0.1) is 10.2 Å². The van der Waals surface area contributed by atoms with E-state index in [2.05, 4.69) is 40.3 Å². The van der Waals surface area contributed by atoms with Crippen molar-refractivity contribution in [2.45, 2.75) is 6.92 Å². The molecule has 108 valence electrons. The van der Waals surface area contributed by atoms with Crippen LogP contribution in [-0.2, 0) is 0 Å². The van der Waals surface area contributed by atoms with E-state index in [-0.39, 0.29) is 0 Å². The molecular weight excluding hydrogens is 316 g/mol. The van der Waals surface area contributed by atoms with Crippen LogP contribution in [0.3, 0.4) is 0 Å². The number of fused-ring (bicyclic) bond motifs is 3. The number of hydrogen-bond acceptors (Lipinski definition) is 4. The fourth-order valence-electron chi connectivity index (χ4n) is 2.29. The van der Waals surface area contributed by atoms with Crippen LogP contribution in [0.5, 0.6) is 0 Å². The standard InChI is InChI=1S/C16H11ClN4S/c1-10-2-7-13-14(8-10)22-16-20-19-15(21(13)16)18-9-11-3-5-12(17)6-4-11/h2-9H,1H3. The molecule has 0 saturated heterocycles. The predicted molar refractivity (Wildman–Crippen MR) is 91.8 cm³/mol. The van der Waals surface area contributed by atoms with Gasteiger partial charge in [0.25, 0.3) is 5.95 Å². The zero-order valence-electron chi connectivity index (χ0n) is 11.7. The van der Waals surface area contributed by atoms with E-state index in [1.807, 2.05) is 28.7 Å². The minimum Gasteiger partial charge on any atom is -0.250 e. The average molecular weight is 327 g/mol. The van der Waals surface area contributed by atoms with Crippen LogP contribution in [-0.4, -0.2) is 20.8 Å². The Morgan fingerprint density at radius 2 is 1.95 bits per heavy atom. The summed E-state index contributed by atoms with van der Waals surface area (Å²) >= 11 is 7.50. The molecule has 2 aromatic heterocycles. The predicted octanol–water partition coefficient (Wildman–Crippen LogP) is 4.66. The molecule has 6 heteroatoms. The van der Waals surface area contributed by atoms with E-state index < -0.39 is 0 Å². The van der Waals surface area contributed by atoms with Gasteiger partial charge in [0.05, 0.1) is 10.2 Å². The van der Waals surface area contributed by atoms with Gasteiger partial charge < -0.3 is 0 Å². The average Bonchev–Trinajstić information content (AvgIpc) is 3.05. The summed E-state index contributed by atoms with van der Waals surface area (Å²) in [4.78, 5) is 5.32. The summed E-state index contributed by atoms with van der Waals surface area (Å²) in [6.45, 7) is 2.08. The van der Waals surface area contributed by atoms with Crippen molar-refractivity contribution in [1.82, 2.24) is 14.6 Å². The molecule has 0 amide bonds. The van der Waals surface area contributed by atoms with Gasteiger partial charge in [0.2, 0.25) is 4.96 Å². The van der Waals surface area contributed by atoms with Crippen molar-refractivity contribution in [1.29, 1.82) is 0 Å². The van der Waals surface area contributed by atoms with E-state index in [0.29, 0.717) is 11.0 Å². The van der Waals surface area contributed by atoms with Crippen LogP contribution >= 0.6 is 22.9 Å². The van der Waals surface area contributed by atoms with Crippen molar-refractivity contribution in [2.24, 2.45) is 4.99 Å². The van der Waals surface area contributed by atoms with Crippen LogP contribution in [0.15, 0.2) is 47.5 Å². The lowest BCUT2D eigenvalue weighted by atomic mass is 10.2. The summed E-state index contributed by atoms with van der Waals surface area (Å²) in [6, 6.07) is 13.8. The van der Waals surface area contributed by atoms with Crippen molar-refractivity contribution in [2.75, 3.05) is 0 Å². The number of thiazole rings is 1. The maximum Gasteiger partial charge on any atom is 0.256 e. The summed E-state index contributed by atoms with van der Waals surface area (Å²) in [6.07, 6.45) is 1.77. The maximum atomic E-state index is 5.88. The Bertz CT molecular complexity index is 998. The summed E-state index contributed by atoms with van der Waals surface area (Å²) in [5.41, 5.74) is 3.28. The Balaban J connectivity index is 1.81. The maximum absolute atomic E-state index is 5.88. The SMILES string of the molecule is Cc1ccc2c(c1)sc1nnc(N=Cc3ccc(Cl)cc3)n12. The van der Waals surface area contributed by atoms with E-state index >= 15 is 0 Å². The van der Waals surface area contributed by atoms with Gasteiger partial charge in [-0.25, -0.2) is 9.39 Å². The van der Waals surface area contributed by atoms with Crippen molar-refractivity contribution >= 4 is 50.3 Å². The largest absolute Gasteiger partial charge is 0.256 e. The van der Waals surface area contributed by atoms with Gasteiger partial charge in [-0.2, -0.15) is 0 Å². The molecule has 4 nitrogen and oxygen atoms in total. The second-order valence-corrected chi connectivity index (χ2v) is 6.45. The molecule has 22 heavy (non-hydrogen) atoms. The van der Waals surface area contributed by atoms with Gasteiger partial charge in [-0.1, -0.05) is 41.1 Å². The van der Waals surface area contributed by atoms with E-state index in [4.69, 9.17) is 11.6 Å². The van der Waals surface area contributed by atoms with Crippen LogP contribution in [0.2, 0.25) is 5.02 Å². The smallest absolute Gasteiger partial charge is 0.250 e. The lowest BCUT2D eigenvalue weighted by Crippen LogP contribution is -1.84. The lowest BCUT2D eigenvalue weighted by molar-refractivity contribution is 1.09. The highest BCUT2D eigenvalue weighted by Crippen LogP contribution is 2.29. The molecule has 0 aliphatic rings. The normalized spacial score (nSPS) is 11.9. The zero-order chi connectivity index (χ0) is 15.1.